The first kappa shape index (κ1) is 20.1. The van der Waals surface area contributed by atoms with Crippen LogP contribution in [0.15, 0.2) is 64.5 Å². The van der Waals surface area contributed by atoms with Crippen molar-refractivity contribution in [2.45, 2.75) is 18.2 Å². The molecular weight excluding hydrogens is 400 g/mol. The number of hydrogen-bond acceptors (Lipinski definition) is 5. The molecule has 0 unspecified atom stereocenters. The molecular formula is C19H19ClN4O3S. The highest BCUT2D eigenvalue weighted by Crippen LogP contribution is 2.21. The van der Waals surface area contributed by atoms with Gasteiger partial charge in [0.15, 0.2) is 5.82 Å². The molecule has 9 heteroatoms. The summed E-state index contributed by atoms with van der Waals surface area (Å²) in [6, 6.07) is 11.7. The van der Waals surface area contributed by atoms with Gasteiger partial charge in [-0.1, -0.05) is 29.8 Å². The average Bonchev–Trinajstić information content (AvgIpc) is 2.65. The first-order valence-corrected chi connectivity index (χ1v) is 10.4. The Bertz CT molecular complexity index is 1160. The van der Waals surface area contributed by atoms with Crippen LogP contribution in [0.1, 0.15) is 11.1 Å². The number of primary sulfonamides is 1. The Morgan fingerprint density at radius 3 is 2.57 bits per heavy atom. The van der Waals surface area contributed by atoms with Gasteiger partial charge in [0.25, 0.3) is 5.56 Å². The summed E-state index contributed by atoms with van der Waals surface area (Å²) < 4.78 is 24.1. The second-order valence-corrected chi connectivity index (χ2v) is 8.17. The summed E-state index contributed by atoms with van der Waals surface area (Å²) in [5, 5.41) is 8.70. The summed E-state index contributed by atoms with van der Waals surface area (Å²) in [6.45, 7) is 2.30. The number of halogens is 1. The molecule has 0 fully saturated rings. The predicted octanol–water partition coefficient (Wildman–Crippen LogP) is 2.50. The molecule has 0 aliphatic carbocycles. The van der Waals surface area contributed by atoms with E-state index in [1.807, 2.05) is 13.0 Å². The van der Waals surface area contributed by atoms with Gasteiger partial charge in [0.1, 0.15) is 0 Å². The van der Waals surface area contributed by atoms with E-state index < -0.39 is 10.0 Å². The molecule has 0 atom stereocenters. The molecule has 0 saturated carbocycles. The Balaban J connectivity index is 1.74. The van der Waals surface area contributed by atoms with Gasteiger partial charge in [0, 0.05) is 24.0 Å². The maximum Gasteiger partial charge on any atom is 0.297 e. The lowest BCUT2D eigenvalue weighted by molar-refractivity contribution is 0.598. The highest BCUT2D eigenvalue weighted by atomic mass is 35.5. The predicted molar refractivity (Wildman–Crippen MR) is 110 cm³/mol. The number of nitrogens with zero attached hydrogens (tertiary/aromatic N) is 2. The Kier molecular flexibility index (Phi) is 5.83. The molecule has 1 heterocycles. The van der Waals surface area contributed by atoms with Gasteiger partial charge in [-0.2, -0.15) is 0 Å². The molecule has 0 aliphatic heterocycles. The van der Waals surface area contributed by atoms with Crippen molar-refractivity contribution in [1.29, 1.82) is 0 Å². The van der Waals surface area contributed by atoms with Gasteiger partial charge in [-0.25, -0.2) is 18.5 Å². The fourth-order valence-electron chi connectivity index (χ4n) is 2.75. The summed E-state index contributed by atoms with van der Waals surface area (Å²) in [7, 11) is -3.71. The Hall–Kier alpha value is -2.68. The van der Waals surface area contributed by atoms with Gasteiger partial charge in [0.05, 0.1) is 10.6 Å². The van der Waals surface area contributed by atoms with E-state index in [-0.39, 0.29) is 16.3 Å². The van der Waals surface area contributed by atoms with Crippen LogP contribution in [0, 0.1) is 6.92 Å². The fraction of sp³-hybridized carbons (Fsp3) is 0.158. The molecule has 7 nitrogen and oxygen atoms in total. The normalized spacial score (nSPS) is 11.4. The minimum Gasteiger partial charge on any atom is -0.365 e. The Morgan fingerprint density at radius 1 is 1.18 bits per heavy atom. The third-order valence-electron chi connectivity index (χ3n) is 4.30. The first-order valence-electron chi connectivity index (χ1n) is 8.46. The van der Waals surface area contributed by atoms with Gasteiger partial charge >= 0.3 is 0 Å². The third kappa shape index (κ3) is 4.41. The molecule has 3 aromatic rings. The van der Waals surface area contributed by atoms with E-state index in [9.17, 15) is 13.2 Å². The number of sulfonamides is 1. The molecule has 28 heavy (non-hydrogen) atoms. The minimum absolute atomic E-state index is 0.0636. The second kappa shape index (κ2) is 8.14. The van der Waals surface area contributed by atoms with Crippen LogP contribution < -0.4 is 16.0 Å². The summed E-state index contributed by atoms with van der Waals surface area (Å²) in [5.74, 6) is 0.225. The first-order chi connectivity index (χ1) is 13.3. The number of benzene rings is 2. The second-order valence-electron chi connectivity index (χ2n) is 6.20. The smallest absolute Gasteiger partial charge is 0.297 e. The summed E-state index contributed by atoms with van der Waals surface area (Å²) in [6.07, 6.45) is 3.72. The number of hydrogen-bond donors (Lipinski definition) is 2. The molecule has 0 radical (unpaired) electrons. The van der Waals surface area contributed by atoms with Crippen LogP contribution in [0.25, 0.3) is 5.69 Å². The Morgan fingerprint density at radius 2 is 1.89 bits per heavy atom. The van der Waals surface area contributed by atoms with Gasteiger partial charge in [-0.05, 0) is 48.7 Å². The highest BCUT2D eigenvalue weighted by molar-refractivity contribution is 7.89. The zero-order chi connectivity index (χ0) is 20.3. The molecule has 146 valence electrons. The largest absolute Gasteiger partial charge is 0.365 e. The van der Waals surface area contributed by atoms with Gasteiger partial charge in [0.2, 0.25) is 10.0 Å². The quantitative estimate of drug-likeness (QED) is 0.639. The highest BCUT2D eigenvalue weighted by Gasteiger charge is 2.10. The van der Waals surface area contributed by atoms with Crippen LogP contribution in [0.4, 0.5) is 5.82 Å². The third-order valence-corrected chi connectivity index (χ3v) is 5.64. The van der Waals surface area contributed by atoms with E-state index in [0.717, 1.165) is 11.1 Å². The van der Waals surface area contributed by atoms with Crippen LogP contribution in [0.5, 0.6) is 0 Å². The lowest BCUT2D eigenvalue weighted by Gasteiger charge is -2.12. The Labute approximate surface area is 167 Å². The van der Waals surface area contributed by atoms with Crippen molar-refractivity contribution in [3.63, 3.8) is 0 Å². The number of nitrogens with one attached hydrogen (secondary N) is 1. The SMILES string of the molecule is Cc1c(Cl)cccc1-n1ccnc(NCCc2ccc(S(N)(=O)=O)cc2)c1=O. The lowest BCUT2D eigenvalue weighted by atomic mass is 10.1. The fourth-order valence-corrected chi connectivity index (χ4v) is 3.44. The van der Waals surface area contributed by atoms with Crippen molar-refractivity contribution in [3.8, 4) is 5.69 Å². The van der Waals surface area contributed by atoms with Gasteiger partial charge in [-0.15, -0.1) is 0 Å². The zero-order valence-electron chi connectivity index (χ0n) is 15.1. The van der Waals surface area contributed by atoms with Crippen LogP contribution in [0.2, 0.25) is 5.02 Å². The molecule has 0 spiro atoms. The zero-order valence-corrected chi connectivity index (χ0v) is 16.7. The van der Waals surface area contributed by atoms with Crippen molar-refractivity contribution < 1.29 is 8.42 Å². The minimum atomic E-state index is -3.71. The van der Waals surface area contributed by atoms with Crippen molar-refractivity contribution in [2.75, 3.05) is 11.9 Å². The maximum absolute atomic E-state index is 12.7. The summed E-state index contributed by atoms with van der Waals surface area (Å²) >= 11 is 6.15. The molecule has 0 bridgehead atoms. The average molecular weight is 419 g/mol. The monoisotopic (exact) mass is 418 g/mol. The number of rotatable bonds is 6. The van der Waals surface area contributed by atoms with Crippen molar-refractivity contribution in [2.24, 2.45) is 5.14 Å². The van der Waals surface area contributed by atoms with Crippen LogP contribution in [-0.4, -0.2) is 24.5 Å². The van der Waals surface area contributed by atoms with Crippen molar-refractivity contribution in [1.82, 2.24) is 9.55 Å². The van der Waals surface area contributed by atoms with E-state index in [1.54, 1.807) is 36.7 Å². The molecule has 0 saturated heterocycles. The van der Waals surface area contributed by atoms with E-state index >= 15 is 0 Å². The molecule has 2 aromatic carbocycles. The van der Waals surface area contributed by atoms with E-state index in [0.29, 0.717) is 23.7 Å². The van der Waals surface area contributed by atoms with Crippen LogP contribution in [0.3, 0.4) is 0 Å². The van der Waals surface area contributed by atoms with Crippen LogP contribution >= 0.6 is 11.6 Å². The topological polar surface area (TPSA) is 107 Å². The molecule has 1 aromatic heterocycles. The number of anilines is 1. The molecule has 0 amide bonds. The maximum atomic E-state index is 12.7. The summed E-state index contributed by atoms with van der Waals surface area (Å²) in [4.78, 5) is 16.9. The number of aromatic nitrogens is 2. The van der Waals surface area contributed by atoms with Crippen LogP contribution in [-0.2, 0) is 16.4 Å². The standard InChI is InChI=1S/C19H19ClN4O3S/c1-13-16(20)3-2-4-17(13)24-12-11-23-18(19(24)25)22-10-9-14-5-7-15(8-6-14)28(21,26)27/h2-8,11-12H,9-10H2,1H3,(H,22,23)(H2,21,26,27). The van der Waals surface area contributed by atoms with Gasteiger partial charge in [-0.3, -0.25) is 9.36 Å². The number of nitrogens with two attached hydrogens (primary N) is 1. The van der Waals surface area contributed by atoms with Crippen molar-refractivity contribution in [3.05, 3.63) is 81.4 Å². The molecule has 0 aliphatic rings. The van der Waals surface area contributed by atoms with Crippen molar-refractivity contribution >= 4 is 27.4 Å². The lowest BCUT2D eigenvalue weighted by Crippen LogP contribution is -2.24. The van der Waals surface area contributed by atoms with Gasteiger partial charge < -0.3 is 5.32 Å². The van der Waals surface area contributed by atoms with E-state index in [4.69, 9.17) is 16.7 Å². The molecule has 3 N–H and O–H groups in total. The molecule has 3 rings (SSSR count). The van der Waals surface area contributed by atoms with E-state index in [2.05, 4.69) is 10.3 Å². The van der Waals surface area contributed by atoms with E-state index in [1.165, 1.54) is 16.7 Å². The summed E-state index contributed by atoms with van der Waals surface area (Å²) in [5.41, 5.74) is 2.12.